The van der Waals surface area contributed by atoms with Gasteiger partial charge in [-0.25, -0.2) is 9.97 Å². The molecule has 0 saturated carbocycles. The summed E-state index contributed by atoms with van der Waals surface area (Å²) in [5.74, 6) is -1.14. The smallest absolute Gasteiger partial charge is 0.188 e. The molecule has 1 aromatic carbocycles. The maximum absolute atomic E-state index is 11.3. The SMILES string of the molecule is Cc1cc(C)nc(S[C@H](C(=O)[O-])c2ccccc2)n1. The third-order valence-corrected chi connectivity index (χ3v) is 3.60. The van der Waals surface area contributed by atoms with Crippen molar-refractivity contribution in [1.82, 2.24) is 9.97 Å². The molecule has 1 aromatic heterocycles. The minimum atomic E-state index is -1.14. The van der Waals surface area contributed by atoms with E-state index in [9.17, 15) is 9.90 Å². The molecule has 0 fully saturated rings. The molecule has 5 heteroatoms. The lowest BCUT2D eigenvalue weighted by Crippen LogP contribution is -2.28. The second-order valence-electron chi connectivity index (χ2n) is 4.16. The Kier molecular flexibility index (Phi) is 4.16. The average molecular weight is 273 g/mol. The quantitative estimate of drug-likeness (QED) is 0.626. The Balaban J connectivity index is 2.29. The molecule has 0 unspecified atom stereocenters. The van der Waals surface area contributed by atoms with Crippen LogP contribution in [0.1, 0.15) is 22.2 Å². The van der Waals surface area contributed by atoms with Crippen molar-refractivity contribution < 1.29 is 9.90 Å². The topological polar surface area (TPSA) is 65.9 Å². The van der Waals surface area contributed by atoms with Gasteiger partial charge in [-0.3, -0.25) is 0 Å². The summed E-state index contributed by atoms with van der Waals surface area (Å²) in [7, 11) is 0. The minimum absolute atomic E-state index is 0.454. The third-order valence-electron chi connectivity index (χ3n) is 2.50. The molecule has 1 heterocycles. The van der Waals surface area contributed by atoms with Crippen molar-refractivity contribution in [3.05, 3.63) is 53.3 Å². The van der Waals surface area contributed by atoms with Gasteiger partial charge < -0.3 is 9.90 Å². The molecule has 0 radical (unpaired) electrons. The second-order valence-corrected chi connectivity index (χ2v) is 5.23. The molecule has 0 bridgehead atoms. The van der Waals surface area contributed by atoms with Gasteiger partial charge in [0.2, 0.25) is 0 Å². The molecule has 2 aromatic rings. The summed E-state index contributed by atoms with van der Waals surface area (Å²) >= 11 is 1.09. The van der Waals surface area contributed by atoms with Gasteiger partial charge in [0.25, 0.3) is 0 Å². The number of aromatic nitrogens is 2. The van der Waals surface area contributed by atoms with Crippen molar-refractivity contribution in [3.63, 3.8) is 0 Å². The van der Waals surface area contributed by atoms with Gasteiger partial charge in [-0.1, -0.05) is 42.1 Å². The van der Waals surface area contributed by atoms with Crippen LogP contribution in [-0.4, -0.2) is 15.9 Å². The largest absolute Gasteiger partial charge is 0.549 e. The van der Waals surface area contributed by atoms with Crippen LogP contribution in [0.3, 0.4) is 0 Å². The number of rotatable bonds is 4. The zero-order valence-corrected chi connectivity index (χ0v) is 11.5. The van der Waals surface area contributed by atoms with Crippen LogP contribution in [0.15, 0.2) is 41.6 Å². The molecule has 0 spiro atoms. The molecule has 1 atom stereocenters. The van der Waals surface area contributed by atoms with E-state index in [1.165, 1.54) is 0 Å². The highest BCUT2D eigenvalue weighted by molar-refractivity contribution is 8.00. The molecule has 19 heavy (non-hydrogen) atoms. The van der Waals surface area contributed by atoms with Gasteiger partial charge in [-0.2, -0.15) is 0 Å². The Labute approximate surface area is 115 Å². The lowest BCUT2D eigenvalue weighted by molar-refractivity contribution is -0.305. The lowest BCUT2D eigenvalue weighted by Gasteiger charge is -2.17. The first-order chi connectivity index (χ1) is 9.06. The predicted octanol–water partition coefficient (Wildman–Crippen LogP) is 1.68. The molecule has 0 aliphatic carbocycles. The molecule has 0 N–H and O–H groups in total. The monoisotopic (exact) mass is 273 g/mol. The zero-order valence-electron chi connectivity index (χ0n) is 10.7. The van der Waals surface area contributed by atoms with Gasteiger partial charge in [0.05, 0.1) is 11.2 Å². The normalized spacial score (nSPS) is 12.1. The maximum atomic E-state index is 11.3. The van der Waals surface area contributed by atoms with Gasteiger partial charge in [0.15, 0.2) is 5.16 Å². The summed E-state index contributed by atoms with van der Waals surface area (Å²) in [5, 5.41) is 10.9. The maximum Gasteiger partial charge on any atom is 0.188 e. The highest BCUT2D eigenvalue weighted by Crippen LogP contribution is 2.32. The van der Waals surface area contributed by atoms with Crippen molar-refractivity contribution in [2.45, 2.75) is 24.3 Å². The summed E-state index contributed by atoms with van der Waals surface area (Å²) in [6.45, 7) is 3.71. The number of carboxylic acid groups (broad SMARTS) is 1. The summed E-state index contributed by atoms with van der Waals surface area (Å²) in [6, 6.07) is 10.8. The number of thioether (sulfide) groups is 1. The Bertz CT molecular complexity index is 567. The fraction of sp³-hybridized carbons (Fsp3) is 0.214. The van der Waals surface area contributed by atoms with E-state index in [2.05, 4.69) is 9.97 Å². The van der Waals surface area contributed by atoms with Gasteiger partial charge in [0.1, 0.15) is 0 Å². The van der Waals surface area contributed by atoms with Crippen molar-refractivity contribution in [1.29, 1.82) is 0 Å². The number of hydrogen-bond donors (Lipinski definition) is 0. The predicted molar refractivity (Wildman–Crippen MR) is 71.6 cm³/mol. The molecule has 0 saturated heterocycles. The van der Waals surface area contributed by atoms with Crippen molar-refractivity contribution in [3.8, 4) is 0 Å². The van der Waals surface area contributed by atoms with Crippen LogP contribution >= 0.6 is 11.8 Å². The van der Waals surface area contributed by atoms with Crippen LogP contribution in [0.5, 0.6) is 0 Å². The van der Waals surface area contributed by atoms with E-state index in [-0.39, 0.29) is 0 Å². The van der Waals surface area contributed by atoms with Crippen LogP contribution in [0.4, 0.5) is 0 Å². The lowest BCUT2D eigenvalue weighted by atomic mass is 10.1. The van der Waals surface area contributed by atoms with E-state index >= 15 is 0 Å². The first-order valence-corrected chi connectivity index (χ1v) is 6.69. The van der Waals surface area contributed by atoms with E-state index < -0.39 is 11.2 Å². The molecule has 4 nitrogen and oxygen atoms in total. The van der Waals surface area contributed by atoms with Crippen molar-refractivity contribution in [2.75, 3.05) is 0 Å². The number of carbonyl (C=O) groups is 1. The molecular formula is C14H13N2O2S-. The molecule has 0 aliphatic heterocycles. The van der Waals surface area contributed by atoms with Gasteiger partial charge in [-0.05, 0) is 25.5 Å². The molecular weight excluding hydrogens is 260 g/mol. The first-order valence-electron chi connectivity index (χ1n) is 5.81. The van der Waals surface area contributed by atoms with Gasteiger partial charge in [0, 0.05) is 11.4 Å². The standard InChI is InChI=1S/C14H14N2O2S/c1-9-8-10(2)16-14(15-9)19-12(13(17)18)11-6-4-3-5-7-11/h3-8,12H,1-2H3,(H,17,18)/p-1/t12-/m0/s1. The highest BCUT2D eigenvalue weighted by Gasteiger charge is 2.16. The number of aryl methyl sites for hydroxylation is 2. The summed E-state index contributed by atoms with van der Waals surface area (Å²) in [4.78, 5) is 19.8. The Morgan fingerprint density at radius 3 is 2.26 bits per heavy atom. The Hall–Kier alpha value is -1.88. The Morgan fingerprint density at radius 1 is 1.16 bits per heavy atom. The fourth-order valence-electron chi connectivity index (χ4n) is 1.73. The summed E-state index contributed by atoms with van der Waals surface area (Å²) in [6.07, 6.45) is 0. The van der Waals surface area contributed by atoms with Crippen LogP contribution in [-0.2, 0) is 4.79 Å². The summed E-state index contributed by atoms with van der Waals surface area (Å²) in [5.41, 5.74) is 2.32. The first kappa shape index (κ1) is 13.5. The van der Waals surface area contributed by atoms with Crippen LogP contribution in [0.25, 0.3) is 0 Å². The van der Waals surface area contributed by atoms with E-state index in [1.807, 2.05) is 26.0 Å². The molecule has 0 aliphatic rings. The van der Waals surface area contributed by atoms with E-state index in [0.717, 1.165) is 23.1 Å². The van der Waals surface area contributed by atoms with Gasteiger partial charge in [-0.15, -0.1) is 0 Å². The number of aliphatic carboxylic acids is 1. The van der Waals surface area contributed by atoms with Crippen molar-refractivity contribution >= 4 is 17.7 Å². The highest BCUT2D eigenvalue weighted by atomic mass is 32.2. The number of carbonyl (C=O) groups excluding carboxylic acids is 1. The van der Waals surface area contributed by atoms with Crippen molar-refractivity contribution in [2.24, 2.45) is 0 Å². The van der Waals surface area contributed by atoms with Crippen LogP contribution in [0.2, 0.25) is 0 Å². The molecule has 0 amide bonds. The fourth-order valence-corrected chi connectivity index (χ4v) is 2.73. The Morgan fingerprint density at radius 2 is 1.74 bits per heavy atom. The van der Waals surface area contributed by atoms with E-state index in [4.69, 9.17) is 0 Å². The third kappa shape index (κ3) is 3.54. The summed E-state index contributed by atoms with van der Waals surface area (Å²) < 4.78 is 0. The second kappa shape index (κ2) is 5.84. The molecule has 2 rings (SSSR count). The zero-order chi connectivity index (χ0) is 13.8. The van der Waals surface area contributed by atoms with E-state index in [0.29, 0.717) is 10.7 Å². The minimum Gasteiger partial charge on any atom is -0.549 e. The van der Waals surface area contributed by atoms with Crippen LogP contribution in [0, 0.1) is 13.8 Å². The van der Waals surface area contributed by atoms with Gasteiger partial charge >= 0.3 is 0 Å². The van der Waals surface area contributed by atoms with Crippen LogP contribution < -0.4 is 5.11 Å². The number of nitrogens with zero attached hydrogens (tertiary/aromatic N) is 2. The number of carboxylic acids is 1. The molecule has 98 valence electrons. The average Bonchev–Trinajstić information content (AvgIpc) is 2.35. The number of hydrogen-bond acceptors (Lipinski definition) is 5. The van der Waals surface area contributed by atoms with E-state index in [1.54, 1.807) is 24.3 Å². The number of benzene rings is 1.